The average Bonchev–Trinajstić information content (AvgIpc) is 3.25. The van der Waals surface area contributed by atoms with E-state index in [-0.39, 0.29) is 5.92 Å². The molecule has 5 nitrogen and oxygen atoms in total. The predicted molar refractivity (Wildman–Crippen MR) is 112 cm³/mol. The molecule has 150 valence electrons. The smallest absolute Gasteiger partial charge is 0.161 e. The van der Waals surface area contributed by atoms with E-state index in [4.69, 9.17) is 14.2 Å². The van der Waals surface area contributed by atoms with Crippen LogP contribution in [0.5, 0.6) is 17.2 Å². The van der Waals surface area contributed by atoms with E-state index in [9.17, 15) is 5.26 Å². The molecule has 1 fully saturated rings. The summed E-state index contributed by atoms with van der Waals surface area (Å²) in [6.07, 6.45) is 3.23. The van der Waals surface area contributed by atoms with Crippen LogP contribution in [-0.2, 0) is 0 Å². The van der Waals surface area contributed by atoms with E-state index in [2.05, 4.69) is 23.1 Å². The van der Waals surface area contributed by atoms with Crippen molar-refractivity contribution in [2.24, 2.45) is 0 Å². The Hall–Kier alpha value is -3.13. The third-order valence-corrected chi connectivity index (χ3v) is 6.07. The Kier molecular flexibility index (Phi) is 5.35. The number of fused-ring (bicyclic) bond motifs is 1. The second kappa shape index (κ2) is 8.08. The van der Waals surface area contributed by atoms with E-state index < -0.39 is 0 Å². The lowest BCUT2D eigenvalue weighted by Gasteiger charge is -2.38. The minimum Gasteiger partial charge on any atom is -0.497 e. The van der Waals surface area contributed by atoms with Gasteiger partial charge < -0.3 is 19.1 Å². The van der Waals surface area contributed by atoms with Crippen LogP contribution in [0.25, 0.3) is 5.57 Å². The first kappa shape index (κ1) is 19.2. The fourth-order valence-electron chi connectivity index (χ4n) is 4.71. The topological polar surface area (TPSA) is 54.7 Å². The molecule has 0 radical (unpaired) electrons. The number of nitrogens with zero attached hydrogens (tertiary/aromatic N) is 2. The molecule has 0 amide bonds. The number of nitriles is 1. The van der Waals surface area contributed by atoms with E-state index in [1.807, 2.05) is 30.3 Å². The number of ether oxygens (including phenoxy) is 3. The highest BCUT2D eigenvalue weighted by molar-refractivity contribution is 5.78. The fraction of sp³-hybridized carbons (Fsp3) is 0.375. The Morgan fingerprint density at radius 3 is 2.55 bits per heavy atom. The molecule has 0 aromatic heterocycles. The fourth-order valence-corrected chi connectivity index (χ4v) is 4.71. The molecule has 2 aliphatic rings. The van der Waals surface area contributed by atoms with Crippen molar-refractivity contribution in [3.63, 3.8) is 0 Å². The lowest BCUT2D eigenvalue weighted by molar-refractivity contribution is 0.293. The van der Waals surface area contributed by atoms with Gasteiger partial charge in [-0.1, -0.05) is 18.2 Å². The van der Waals surface area contributed by atoms with Crippen LogP contribution in [0.15, 0.2) is 48.2 Å². The van der Waals surface area contributed by atoms with Crippen LogP contribution in [0.1, 0.15) is 36.3 Å². The molecule has 0 N–H and O–H groups in total. The molecule has 2 aromatic carbocycles. The van der Waals surface area contributed by atoms with Crippen molar-refractivity contribution < 1.29 is 14.2 Å². The van der Waals surface area contributed by atoms with Crippen molar-refractivity contribution in [2.75, 3.05) is 27.9 Å². The third kappa shape index (κ3) is 3.40. The van der Waals surface area contributed by atoms with E-state index in [0.29, 0.717) is 17.5 Å². The molecule has 0 saturated carbocycles. The summed E-state index contributed by atoms with van der Waals surface area (Å²) in [6.45, 7) is 0.944. The normalized spacial score (nSPS) is 20.8. The van der Waals surface area contributed by atoms with Gasteiger partial charge in [0.1, 0.15) is 17.5 Å². The van der Waals surface area contributed by atoms with Crippen molar-refractivity contribution in [3.05, 3.63) is 59.3 Å². The van der Waals surface area contributed by atoms with E-state index in [0.717, 1.165) is 54.0 Å². The molecule has 4 rings (SSSR count). The summed E-state index contributed by atoms with van der Waals surface area (Å²) >= 11 is 0. The summed E-state index contributed by atoms with van der Waals surface area (Å²) in [6, 6.07) is 17.0. The van der Waals surface area contributed by atoms with Gasteiger partial charge >= 0.3 is 0 Å². The predicted octanol–water partition coefficient (Wildman–Crippen LogP) is 4.60. The van der Waals surface area contributed by atoms with Crippen LogP contribution in [0.3, 0.4) is 0 Å². The van der Waals surface area contributed by atoms with Crippen molar-refractivity contribution in [1.82, 2.24) is 4.90 Å². The number of allylic oxidation sites excluding steroid dienone is 2. The van der Waals surface area contributed by atoms with Crippen molar-refractivity contribution in [3.8, 4) is 23.3 Å². The second-order valence-electron chi connectivity index (χ2n) is 7.50. The molecule has 5 heteroatoms. The number of benzene rings is 2. The Morgan fingerprint density at radius 1 is 1.00 bits per heavy atom. The Labute approximate surface area is 172 Å². The van der Waals surface area contributed by atoms with Crippen LogP contribution < -0.4 is 14.2 Å². The molecule has 0 aliphatic carbocycles. The standard InChI is InChI=1S/C24H26N2O3/c1-27-19-8-4-6-17(12-19)24-20(14-18-7-5-11-26(18)21(24)15-25)16-9-10-22(28-2)23(13-16)29-3/h4,6,8-10,12-13,18,20H,5,7,11,14H2,1-3H3/t18-,20-/m0/s1. The molecule has 2 atom stereocenters. The highest BCUT2D eigenvalue weighted by atomic mass is 16.5. The molecule has 29 heavy (non-hydrogen) atoms. The number of rotatable bonds is 5. The first-order chi connectivity index (χ1) is 14.2. The maximum absolute atomic E-state index is 10.1. The zero-order valence-corrected chi connectivity index (χ0v) is 17.1. The number of methoxy groups -OCH3 is 3. The lowest BCUT2D eigenvalue weighted by Crippen LogP contribution is -2.35. The zero-order chi connectivity index (χ0) is 20.4. The summed E-state index contributed by atoms with van der Waals surface area (Å²) in [5, 5.41) is 10.1. The highest BCUT2D eigenvalue weighted by Crippen LogP contribution is 2.48. The van der Waals surface area contributed by atoms with Gasteiger partial charge in [0.25, 0.3) is 0 Å². The largest absolute Gasteiger partial charge is 0.497 e. The minimum atomic E-state index is 0.107. The van der Waals surface area contributed by atoms with Crippen molar-refractivity contribution in [2.45, 2.75) is 31.2 Å². The quantitative estimate of drug-likeness (QED) is 0.747. The van der Waals surface area contributed by atoms with Crippen molar-refractivity contribution in [1.29, 1.82) is 5.26 Å². The first-order valence-corrected chi connectivity index (χ1v) is 9.97. The Bertz CT molecular complexity index is 976. The highest BCUT2D eigenvalue weighted by Gasteiger charge is 2.38. The maximum Gasteiger partial charge on any atom is 0.161 e. The molecular weight excluding hydrogens is 364 g/mol. The molecule has 0 bridgehead atoms. The molecule has 0 spiro atoms. The average molecular weight is 390 g/mol. The van der Waals surface area contributed by atoms with Crippen LogP contribution in [0.2, 0.25) is 0 Å². The van der Waals surface area contributed by atoms with Gasteiger partial charge in [0.05, 0.1) is 21.3 Å². The molecule has 1 saturated heterocycles. The number of hydrogen-bond donors (Lipinski definition) is 0. The monoisotopic (exact) mass is 390 g/mol. The van der Waals surface area contributed by atoms with Crippen LogP contribution >= 0.6 is 0 Å². The van der Waals surface area contributed by atoms with E-state index in [1.165, 1.54) is 0 Å². The Balaban J connectivity index is 1.89. The third-order valence-electron chi connectivity index (χ3n) is 6.07. The van der Waals surface area contributed by atoms with Gasteiger partial charge in [0, 0.05) is 24.1 Å². The molecule has 2 aromatic rings. The maximum atomic E-state index is 10.1. The van der Waals surface area contributed by atoms with E-state index >= 15 is 0 Å². The summed E-state index contributed by atoms with van der Waals surface area (Å²) < 4.78 is 16.4. The van der Waals surface area contributed by atoms with Gasteiger partial charge in [-0.3, -0.25) is 0 Å². The summed E-state index contributed by atoms with van der Waals surface area (Å²) in [7, 11) is 4.96. The summed E-state index contributed by atoms with van der Waals surface area (Å²) in [5.74, 6) is 2.32. The molecule has 2 heterocycles. The SMILES string of the molecule is COc1cccc(C2=C(C#N)N3CCC[C@H]3C[C@H]2c2ccc(OC)c(OC)c2)c1. The molecule has 2 aliphatic heterocycles. The van der Waals surface area contributed by atoms with Gasteiger partial charge in [0.15, 0.2) is 11.5 Å². The van der Waals surface area contributed by atoms with Gasteiger partial charge in [-0.15, -0.1) is 0 Å². The molecule has 0 unspecified atom stereocenters. The number of hydrogen-bond acceptors (Lipinski definition) is 5. The summed E-state index contributed by atoms with van der Waals surface area (Å²) in [5.41, 5.74) is 4.02. The second-order valence-corrected chi connectivity index (χ2v) is 7.50. The first-order valence-electron chi connectivity index (χ1n) is 9.97. The minimum absolute atomic E-state index is 0.107. The van der Waals surface area contributed by atoms with Crippen molar-refractivity contribution >= 4 is 5.57 Å². The lowest BCUT2D eigenvalue weighted by atomic mass is 9.78. The molecular formula is C24H26N2O3. The zero-order valence-electron chi connectivity index (χ0n) is 17.1. The van der Waals surface area contributed by atoms with Crippen LogP contribution in [0, 0.1) is 11.3 Å². The van der Waals surface area contributed by atoms with Gasteiger partial charge in [0.2, 0.25) is 0 Å². The van der Waals surface area contributed by atoms with Crippen LogP contribution in [-0.4, -0.2) is 38.8 Å². The van der Waals surface area contributed by atoms with Gasteiger partial charge in [-0.2, -0.15) is 5.26 Å². The van der Waals surface area contributed by atoms with E-state index in [1.54, 1.807) is 21.3 Å². The Morgan fingerprint density at radius 2 is 1.83 bits per heavy atom. The van der Waals surface area contributed by atoms with Crippen LogP contribution in [0.4, 0.5) is 0 Å². The van der Waals surface area contributed by atoms with Gasteiger partial charge in [-0.25, -0.2) is 0 Å². The van der Waals surface area contributed by atoms with Gasteiger partial charge in [-0.05, 0) is 54.7 Å². The summed E-state index contributed by atoms with van der Waals surface area (Å²) in [4.78, 5) is 2.30.